The van der Waals surface area contributed by atoms with Crippen LogP contribution < -0.4 is 4.90 Å². The van der Waals surface area contributed by atoms with Gasteiger partial charge in [0, 0.05) is 33.2 Å². The van der Waals surface area contributed by atoms with Crippen molar-refractivity contribution in [2.45, 2.75) is 19.3 Å². The minimum absolute atomic E-state index is 0.105. The number of rotatable bonds is 6. The van der Waals surface area contributed by atoms with Crippen molar-refractivity contribution in [1.82, 2.24) is 0 Å². The van der Waals surface area contributed by atoms with Gasteiger partial charge < -0.3 is 9.32 Å². The van der Waals surface area contributed by atoms with Crippen LogP contribution in [0, 0.1) is 0 Å². The van der Waals surface area contributed by atoms with Crippen molar-refractivity contribution < 1.29 is 4.42 Å². The van der Waals surface area contributed by atoms with E-state index in [1.165, 1.54) is 55.3 Å². The molecule has 1 heterocycles. The van der Waals surface area contributed by atoms with Gasteiger partial charge in [-0.05, 0) is 121 Å². The quantitative estimate of drug-likeness (QED) is 0.169. The summed E-state index contributed by atoms with van der Waals surface area (Å²) in [6, 6.07) is 72.7. The molecule has 0 fully saturated rings. The minimum Gasteiger partial charge on any atom is -0.456 e. The van der Waals surface area contributed by atoms with E-state index in [1.807, 2.05) is 12.1 Å². The van der Waals surface area contributed by atoms with Crippen LogP contribution in [0.4, 0.5) is 17.1 Å². The molecule has 0 N–H and O–H groups in total. The molecule has 0 radical (unpaired) electrons. The zero-order chi connectivity index (χ0) is 38.1. The Morgan fingerprint density at radius 1 is 0.368 bits per heavy atom. The number of furan rings is 1. The van der Waals surface area contributed by atoms with Crippen molar-refractivity contribution in [3.63, 3.8) is 0 Å². The Balaban J connectivity index is 1.04. The standard InChI is InChI=1S/C55H39NO/c1-55(2)50-18-10-8-16-46(50)47-33-30-43(35-51(47)55)56(41-26-20-37(21-27-41)36-12-4-3-5-13-36)42-28-22-39(23-29-42)45-31-24-38-14-6-7-15-44(38)54(45)40-25-32-49-48-17-9-11-19-52(48)57-53(49)34-40/h3-35H,1-2H3. The highest BCUT2D eigenvalue weighted by Crippen LogP contribution is 2.51. The lowest BCUT2D eigenvalue weighted by atomic mass is 9.82. The first-order valence-corrected chi connectivity index (χ1v) is 19.8. The molecule has 9 aromatic carbocycles. The first-order valence-electron chi connectivity index (χ1n) is 19.8. The Morgan fingerprint density at radius 3 is 1.75 bits per heavy atom. The molecule has 0 saturated heterocycles. The van der Waals surface area contributed by atoms with Gasteiger partial charge in [-0.2, -0.15) is 0 Å². The van der Waals surface area contributed by atoms with Crippen molar-refractivity contribution in [1.29, 1.82) is 0 Å². The molecule has 0 spiro atoms. The molecular weight excluding hydrogens is 691 g/mol. The fraction of sp³-hybridized carbons (Fsp3) is 0.0545. The van der Waals surface area contributed by atoms with E-state index in [9.17, 15) is 0 Å². The Morgan fingerprint density at radius 2 is 0.947 bits per heavy atom. The highest BCUT2D eigenvalue weighted by molar-refractivity contribution is 6.09. The van der Waals surface area contributed by atoms with Crippen LogP contribution in [-0.4, -0.2) is 0 Å². The smallest absolute Gasteiger partial charge is 0.136 e. The molecule has 11 rings (SSSR count). The maximum Gasteiger partial charge on any atom is 0.136 e. The lowest BCUT2D eigenvalue weighted by Gasteiger charge is -2.28. The molecule has 0 saturated carbocycles. The summed E-state index contributed by atoms with van der Waals surface area (Å²) in [5, 5.41) is 4.71. The topological polar surface area (TPSA) is 16.4 Å². The summed E-state index contributed by atoms with van der Waals surface area (Å²) < 4.78 is 6.38. The molecule has 0 bridgehead atoms. The third kappa shape index (κ3) is 5.40. The van der Waals surface area contributed by atoms with Crippen molar-refractivity contribution in [2.75, 3.05) is 4.90 Å². The average molecular weight is 730 g/mol. The minimum atomic E-state index is -0.105. The van der Waals surface area contributed by atoms with E-state index in [4.69, 9.17) is 4.42 Å². The van der Waals surface area contributed by atoms with Gasteiger partial charge in [0.05, 0.1) is 0 Å². The number of hydrogen-bond acceptors (Lipinski definition) is 2. The second-order valence-electron chi connectivity index (χ2n) is 15.7. The number of hydrogen-bond donors (Lipinski definition) is 0. The Kier molecular flexibility index (Phi) is 7.55. The number of fused-ring (bicyclic) bond motifs is 7. The van der Waals surface area contributed by atoms with Crippen LogP contribution in [-0.2, 0) is 5.41 Å². The van der Waals surface area contributed by atoms with E-state index in [0.29, 0.717) is 0 Å². The predicted molar refractivity (Wildman–Crippen MR) is 240 cm³/mol. The molecule has 2 nitrogen and oxygen atoms in total. The van der Waals surface area contributed by atoms with Gasteiger partial charge in [0.25, 0.3) is 0 Å². The highest BCUT2D eigenvalue weighted by atomic mass is 16.3. The molecule has 1 aromatic heterocycles. The normalized spacial score (nSPS) is 12.9. The SMILES string of the molecule is CC1(C)c2ccccc2-c2ccc(N(c3ccc(-c4ccccc4)cc3)c3ccc(-c4ccc5ccccc5c4-c4ccc5c(c4)oc4ccccc45)cc3)cc21. The fourth-order valence-corrected chi connectivity index (χ4v) is 9.21. The van der Waals surface area contributed by atoms with Gasteiger partial charge in [-0.15, -0.1) is 0 Å². The van der Waals surface area contributed by atoms with Gasteiger partial charge in [0.15, 0.2) is 0 Å². The van der Waals surface area contributed by atoms with Crippen LogP contribution in [0.2, 0.25) is 0 Å². The van der Waals surface area contributed by atoms with Gasteiger partial charge in [-0.25, -0.2) is 0 Å². The van der Waals surface area contributed by atoms with Gasteiger partial charge in [-0.3, -0.25) is 0 Å². The third-order valence-electron chi connectivity index (χ3n) is 12.1. The second-order valence-corrected chi connectivity index (χ2v) is 15.7. The zero-order valence-electron chi connectivity index (χ0n) is 31.9. The molecule has 57 heavy (non-hydrogen) atoms. The highest BCUT2D eigenvalue weighted by Gasteiger charge is 2.35. The van der Waals surface area contributed by atoms with E-state index in [0.717, 1.165) is 50.1 Å². The fourth-order valence-electron chi connectivity index (χ4n) is 9.21. The lowest BCUT2D eigenvalue weighted by Crippen LogP contribution is -2.16. The van der Waals surface area contributed by atoms with Crippen LogP contribution in [0.15, 0.2) is 205 Å². The summed E-state index contributed by atoms with van der Waals surface area (Å²) in [6.07, 6.45) is 0. The van der Waals surface area contributed by atoms with Crippen LogP contribution in [0.25, 0.3) is 77.2 Å². The van der Waals surface area contributed by atoms with E-state index in [1.54, 1.807) is 0 Å². The molecule has 10 aromatic rings. The Hall–Kier alpha value is -7.16. The number of para-hydroxylation sites is 1. The predicted octanol–water partition coefficient (Wildman–Crippen LogP) is 15.5. The first kappa shape index (κ1) is 33.2. The number of anilines is 3. The monoisotopic (exact) mass is 729 g/mol. The van der Waals surface area contributed by atoms with Crippen LogP contribution in [0.1, 0.15) is 25.0 Å². The summed E-state index contributed by atoms with van der Waals surface area (Å²) in [5.41, 5.74) is 17.5. The van der Waals surface area contributed by atoms with Crippen LogP contribution in [0.3, 0.4) is 0 Å². The van der Waals surface area contributed by atoms with E-state index in [2.05, 4.69) is 207 Å². The first-order chi connectivity index (χ1) is 28.0. The van der Waals surface area contributed by atoms with Gasteiger partial charge in [0.2, 0.25) is 0 Å². The number of nitrogens with zero attached hydrogens (tertiary/aromatic N) is 1. The van der Waals surface area contributed by atoms with E-state index in [-0.39, 0.29) is 5.41 Å². The molecule has 0 aliphatic heterocycles. The van der Waals surface area contributed by atoms with Crippen LogP contribution >= 0.6 is 0 Å². The maximum atomic E-state index is 6.38. The van der Waals surface area contributed by atoms with E-state index >= 15 is 0 Å². The van der Waals surface area contributed by atoms with Gasteiger partial charge in [0.1, 0.15) is 11.2 Å². The van der Waals surface area contributed by atoms with Crippen molar-refractivity contribution in [3.05, 3.63) is 211 Å². The maximum absolute atomic E-state index is 6.38. The molecule has 0 unspecified atom stereocenters. The lowest BCUT2D eigenvalue weighted by molar-refractivity contribution is 0.660. The summed E-state index contributed by atoms with van der Waals surface area (Å²) in [5.74, 6) is 0. The largest absolute Gasteiger partial charge is 0.456 e. The van der Waals surface area contributed by atoms with Gasteiger partial charge in [-0.1, -0.05) is 159 Å². The molecular formula is C55H39NO. The second kappa shape index (κ2) is 13.0. The van der Waals surface area contributed by atoms with Crippen LogP contribution in [0.5, 0.6) is 0 Å². The zero-order valence-corrected chi connectivity index (χ0v) is 31.9. The summed E-state index contributed by atoms with van der Waals surface area (Å²) in [7, 11) is 0. The van der Waals surface area contributed by atoms with Gasteiger partial charge >= 0.3 is 0 Å². The summed E-state index contributed by atoms with van der Waals surface area (Å²) in [6.45, 7) is 4.70. The van der Waals surface area contributed by atoms with Crippen molar-refractivity contribution >= 4 is 49.8 Å². The molecule has 0 atom stereocenters. The Labute approximate surface area is 332 Å². The molecule has 0 amide bonds. The Bertz CT molecular complexity index is 3130. The molecule has 270 valence electrons. The third-order valence-corrected chi connectivity index (χ3v) is 12.1. The van der Waals surface area contributed by atoms with Crippen molar-refractivity contribution in [3.8, 4) is 44.5 Å². The van der Waals surface area contributed by atoms with Crippen molar-refractivity contribution in [2.24, 2.45) is 0 Å². The van der Waals surface area contributed by atoms with E-state index < -0.39 is 0 Å². The molecule has 1 aliphatic carbocycles. The average Bonchev–Trinajstić information content (AvgIpc) is 3.75. The molecule has 2 heteroatoms. The molecule has 1 aliphatic rings. The summed E-state index contributed by atoms with van der Waals surface area (Å²) in [4.78, 5) is 2.40. The number of benzene rings is 9. The summed E-state index contributed by atoms with van der Waals surface area (Å²) >= 11 is 0.